The van der Waals surface area contributed by atoms with Gasteiger partial charge in [-0.05, 0) is 30.9 Å². The van der Waals surface area contributed by atoms with Gasteiger partial charge in [-0.2, -0.15) is 0 Å². The average Bonchev–Trinajstić information content (AvgIpc) is 2.54. The van der Waals surface area contributed by atoms with Gasteiger partial charge in [0.1, 0.15) is 5.82 Å². The first-order valence-electron chi connectivity index (χ1n) is 8.03. The number of Topliss-reactive ketones (excluding diaryl/α,β-unsaturated/α-hetero) is 1. The number of carbonyl (C=O) groups excluding carboxylic acids is 2. The lowest BCUT2D eigenvalue weighted by atomic mass is 9.80. The van der Waals surface area contributed by atoms with Crippen LogP contribution >= 0.6 is 0 Å². The minimum Gasteiger partial charge on any atom is -0.338 e. The molecule has 1 aromatic carbocycles. The van der Waals surface area contributed by atoms with Gasteiger partial charge >= 0.3 is 0 Å². The van der Waals surface area contributed by atoms with Crippen molar-refractivity contribution in [3.8, 4) is 0 Å². The molecule has 0 N–H and O–H groups in total. The van der Waals surface area contributed by atoms with E-state index >= 15 is 0 Å². The third-order valence-corrected chi connectivity index (χ3v) is 4.65. The first kappa shape index (κ1) is 16.7. The van der Waals surface area contributed by atoms with Gasteiger partial charge in [-0.25, -0.2) is 4.39 Å². The molecule has 120 valence electrons. The summed E-state index contributed by atoms with van der Waals surface area (Å²) in [4.78, 5) is 26.1. The highest BCUT2D eigenvalue weighted by Crippen LogP contribution is 2.30. The molecule has 3 nitrogen and oxygen atoms in total. The lowest BCUT2D eigenvalue weighted by molar-refractivity contribution is -0.135. The number of hydrogen-bond acceptors (Lipinski definition) is 2. The van der Waals surface area contributed by atoms with Crippen molar-refractivity contribution in [1.82, 2.24) is 4.90 Å². The maximum Gasteiger partial charge on any atom is 0.225 e. The Morgan fingerprint density at radius 2 is 1.95 bits per heavy atom. The molecule has 1 atom stereocenters. The van der Waals surface area contributed by atoms with Crippen LogP contribution in [0.4, 0.5) is 4.39 Å². The summed E-state index contributed by atoms with van der Waals surface area (Å²) < 4.78 is 13.2. The third kappa shape index (κ3) is 4.15. The van der Waals surface area contributed by atoms with E-state index in [-0.39, 0.29) is 24.2 Å². The summed E-state index contributed by atoms with van der Waals surface area (Å²) in [5, 5.41) is 0. The smallest absolute Gasteiger partial charge is 0.225 e. The highest BCUT2D eigenvalue weighted by Gasteiger charge is 2.28. The first-order chi connectivity index (χ1) is 10.5. The summed E-state index contributed by atoms with van der Waals surface area (Å²) in [7, 11) is 1.65. The van der Waals surface area contributed by atoms with Crippen LogP contribution < -0.4 is 0 Å². The molecule has 2 rings (SSSR count). The highest BCUT2D eigenvalue weighted by molar-refractivity contribution is 5.99. The molecule has 1 aromatic rings. The number of hydrogen-bond donors (Lipinski definition) is 0. The molecule has 0 bridgehead atoms. The molecule has 0 radical (unpaired) electrons. The molecular weight excluding hydrogens is 281 g/mol. The first-order valence-corrected chi connectivity index (χ1v) is 8.03. The minimum atomic E-state index is -0.435. The fourth-order valence-electron chi connectivity index (χ4n) is 3.23. The second-order valence-electron chi connectivity index (χ2n) is 6.31. The molecule has 0 aromatic heterocycles. The lowest BCUT2D eigenvalue weighted by Gasteiger charge is -2.29. The number of rotatable bonds is 5. The van der Waals surface area contributed by atoms with Crippen molar-refractivity contribution in [1.29, 1.82) is 0 Å². The molecular formula is C18H24FNO2. The average molecular weight is 305 g/mol. The van der Waals surface area contributed by atoms with Crippen molar-refractivity contribution < 1.29 is 14.0 Å². The van der Waals surface area contributed by atoms with E-state index in [2.05, 4.69) is 0 Å². The Labute approximate surface area is 131 Å². The number of nitrogens with zero attached hydrogens (tertiary/aromatic N) is 1. The topological polar surface area (TPSA) is 37.4 Å². The Hall–Kier alpha value is -1.71. The van der Waals surface area contributed by atoms with E-state index in [0.717, 1.165) is 12.8 Å². The zero-order valence-electron chi connectivity index (χ0n) is 13.3. The number of likely N-dealkylation sites (N-methyl/N-ethyl adjacent to an activating group) is 1. The molecule has 1 saturated carbocycles. The maximum atomic E-state index is 13.2. The normalized spacial score (nSPS) is 17.0. The monoisotopic (exact) mass is 305 g/mol. The largest absolute Gasteiger partial charge is 0.338 e. The van der Waals surface area contributed by atoms with Gasteiger partial charge in [0, 0.05) is 18.5 Å². The van der Waals surface area contributed by atoms with E-state index in [0.29, 0.717) is 11.5 Å². The van der Waals surface area contributed by atoms with Crippen LogP contribution in [0.3, 0.4) is 0 Å². The van der Waals surface area contributed by atoms with Gasteiger partial charge in [0.05, 0.1) is 6.54 Å². The third-order valence-electron chi connectivity index (χ3n) is 4.65. The van der Waals surface area contributed by atoms with Crippen molar-refractivity contribution in [3.05, 3.63) is 35.6 Å². The van der Waals surface area contributed by atoms with Crippen molar-refractivity contribution in [2.24, 2.45) is 11.8 Å². The molecule has 1 aliphatic carbocycles. The fourth-order valence-corrected chi connectivity index (χ4v) is 3.23. The summed E-state index contributed by atoms with van der Waals surface area (Å²) in [6.45, 7) is 1.96. The van der Waals surface area contributed by atoms with E-state index in [1.54, 1.807) is 13.1 Å². The Bertz CT molecular complexity index is 538. The van der Waals surface area contributed by atoms with Gasteiger partial charge in [0.2, 0.25) is 5.91 Å². The molecule has 0 spiro atoms. The molecule has 0 unspecified atom stereocenters. The molecule has 0 aliphatic heterocycles. The second kappa shape index (κ2) is 7.52. The summed E-state index contributed by atoms with van der Waals surface area (Å²) in [6, 6.07) is 5.60. The highest BCUT2D eigenvalue weighted by atomic mass is 19.1. The van der Waals surface area contributed by atoms with Crippen molar-refractivity contribution in [2.45, 2.75) is 39.0 Å². The van der Waals surface area contributed by atoms with Gasteiger partial charge in [0.15, 0.2) is 5.78 Å². The van der Waals surface area contributed by atoms with Crippen LogP contribution in [0, 0.1) is 17.7 Å². The number of halogens is 1. The Kier molecular flexibility index (Phi) is 5.69. The van der Waals surface area contributed by atoms with Crippen LogP contribution in [-0.2, 0) is 4.79 Å². The minimum absolute atomic E-state index is 0.000648. The standard InChI is InChI=1S/C18H24FNO2/c1-13(14-7-4-3-5-8-14)18(22)20(2)12-17(21)15-9-6-10-16(19)11-15/h6,9-11,13-14H,3-5,7-8,12H2,1-2H3/t13-/m0/s1. The van der Waals surface area contributed by atoms with Gasteiger partial charge in [-0.15, -0.1) is 0 Å². The van der Waals surface area contributed by atoms with Crippen LogP contribution in [0.15, 0.2) is 24.3 Å². The Morgan fingerprint density at radius 3 is 2.59 bits per heavy atom. The van der Waals surface area contributed by atoms with Crippen LogP contribution in [0.2, 0.25) is 0 Å². The van der Waals surface area contributed by atoms with Crippen LogP contribution in [0.5, 0.6) is 0 Å². The number of ketones is 1. The van der Waals surface area contributed by atoms with Crippen molar-refractivity contribution >= 4 is 11.7 Å². The van der Waals surface area contributed by atoms with Gasteiger partial charge < -0.3 is 4.90 Å². The number of carbonyl (C=O) groups is 2. The molecule has 22 heavy (non-hydrogen) atoms. The summed E-state index contributed by atoms with van der Waals surface area (Å²) in [6.07, 6.45) is 5.82. The second-order valence-corrected chi connectivity index (χ2v) is 6.31. The van der Waals surface area contributed by atoms with Crippen LogP contribution in [-0.4, -0.2) is 30.2 Å². The predicted molar refractivity (Wildman–Crippen MR) is 84.1 cm³/mol. The maximum absolute atomic E-state index is 13.2. The molecule has 0 heterocycles. The fraction of sp³-hybridized carbons (Fsp3) is 0.556. The van der Waals surface area contributed by atoms with E-state index in [9.17, 15) is 14.0 Å². The number of amides is 1. The SMILES string of the molecule is C[C@H](C(=O)N(C)CC(=O)c1cccc(F)c1)C1CCCCC1. The number of benzene rings is 1. The van der Waals surface area contributed by atoms with Crippen molar-refractivity contribution in [2.75, 3.05) is 13.6 Å². The predicted octanol–water partition coefficient (Wildman–Crippen LogP) is 3.68. The Morgan fingerprint density at radius 1 is 1.27 bits per heavy atom. The van der Waals surface area contributed by atoms with Crippen molar-refractivity contribution in [3.63, 3.8) is 0 Å². The van der Waals surface area contributed by atoms with E-state index < -0.39 is 5.82 Å². The zero-order chi connectivity index (χ0) is 16.1. The van der Waals surface area contributed by atoms with Crippen LogP contribution in [0.25, 0.3) is 0 Å². The molecule has 1 aliphatic rings. The van der Waals surface area contributed by atoms with Gasteiger partial charge in [-0.1, -0.05) is 38.3 Å². The van der Waals surface area contributed by atoms with E-state index in [1.165, 1.54) is 42.4 Å². The summed E-state index contributed by atoms with van der Waals surface area (Å²) in [5.74, 6) is -0.281. The molecule has 4 heteroatoms. The zero-order valence-corrected chi connectivity index (χ0v) is 13.3. The van der Waals surface area contributed by atoms with Crippen LogP contribution in [0.1, 0.15) is 49.4 Å². The van der Waals surface area contributed by atoms with Gasteiger partial charge in [0.25, 0.3) is 0 Å². The van der Waals surface area contributed by atoms with E-state index in [1.807, 2.05) is 6.92 Å². The quantitative estimate of drug-likeness (QED) is 0.778. The lowest BCUT2D eigenvalue weighted by Crippen LogP contribution is -2.38. The summed E-state index contributed by atoms with van der Waals surface area (Å²) in [5.41, 5.74) is 0.310. The molecule has 1 fully saturated rings. The molecule has 0 saturated heterocycles. The molecule has 1 amide bonds. The Balaban J connectivity index is 1.94. The van der Waals surface area contributed by atoms with Gasteiger partial charge in [-0.3, -0.25) is 9.59 Å². The summed E-state index contributed by atoms with van der Waals surface area (Å²) >= 11 is 0. The van der Waals surface area contributed by atoms with E-state index in [4.69, 9.17) is 0 Å².